The van der Waals surface area contributed by atoms with Crippen LogP contribution in [-0.2, 0) is 53.2 Å². The predicted molar refractivity (Wildman–Crippen MR) is 344 cm³/mol. The Bertz CT molecular complexity index is 2830. The maximum absolute atomic E-state index is 14.8. The number of unbranched alkanes of at least 4 members (excludes halogenated alkanes) is 13. The first-order valence-corrected chi connectivity index (χ1v) is 32.0. The van der Waals surface area contributed by atoms with E-state index in [1.807, 2.05) is 112 Å². The van der Waals surface area contributed by atoms with Gasteiger partial charge < -0.3 is 44.4 Å². The highest BCUT2D eigenvalue weighted by atomic mass is 35.5. The summed E-state index contributed by atoms with van der Waals surface area (Å²) in [5.41, 5.74) is 5.34. The number of benzene rings is 5. The van der Waals surface area contributed by atoms with E-state index in [1.54, 1.807) is 18.2 Å². The molecule has 87 heavy (non-hydrogen) atoms. The summed E-state index contributed by atoms with van der Waals surface area (Å²) in [7, 11) is 0. The Labute approximate surface area is 522 Å². The second-order valence-corrected chi connectivity index (χ2v) is 23.7. The zero-order valence-electron chi connectivity index (χ0n) is 51.7. The van der Waals surface area contributed by atoms with Gasteiger partial charge in [0, 0.05) is 66.8 Å². The van der Waals surface area contributed by atoms with Gasteiger partial charge in [0.25, 0.3) is 0 Å². The number of ether oxygens (including phenoxy) is 6. The van der Waals surface area contributed by atoms with Crippen LogP contribution in [0.4, 0.5) is 4.79 Å². The van der Waals surface area contributed by atoms with Gasteiger partial charge in [-0.3, -0.25) is 14.4 Å². The van der Waals surface area contributed by atoms with Gasteiger partial charge in [-0.1, -0.05) is 223 Å². The number of carbonyl (C=O) groups excluding carboxylic acids is 5. The van der Waals surface area contributed by atoms with E-state index in [0.717, 1.165) is 50.5 Å². The van der Waals surface area contributed by atoms with E-state index >= 15 is 0 Å². The lowest BCUT2D eigenvalue weighted by atomic mass is 9.79. The average molecular weight is 1210 g/mol. The van der Waals surface area contributed by atoms with Crippen molar-refractivity contribution < 1.29 is 52.4 Å². The third kappa shape index (κ3) is 24.0. The highest BCUT2D eigenvalue weighted by Crippen LogP contribution is 2.46. The molecule has 15 heteroatoms. The minimum atomic E-state index is -1.56. The summed E-state index contributed by atoms with van der Waals surface area (Å²) in [5.74, 6) is -1.66. The quantitative estimate of drug-likeness (QED) is 0.0147. The molecule has 0 saturated carbocycles. The SMILES string of the molecule is C=Cc1ccc(C(OC(=O)[C@H](CC(=O)NCCCOCCOCCOCCCNC(=O)OCC2c3ccccc3-c3ccccc32)NC(=O)CCCCCCCCCCCCCCCCC(=O)OC(C)(C)C)(c2ccccc2)c2ccccc2Cl)cc1. The molecule has 3 amide bonds. The molecule has 6 rings (SSSR count). The molecule has 5 aromatic carbocycles. The standard InChI is InChI=1S/C72H94ClN3O11/c1-5-55-41-43-57(44-42-55)72(56-31-19-18-20-32-56,63-37-27-28-38-64(63)73)87-69(80)65(76-66(77)39-21-16-14-12-10-8-6-7-9-11-13-15-17-22-40-68(79)86-71(2,3)4)53-67(78)74-45-29-47-82-49-51-84-52-50-83-48-30-46-75-70(81)85-54-62-60-35-25-23-33-58(60)59-34-24-26-36-61(59)62/h5,18-20,23-28,31-38,41-44,62,65H,1,6-17,21-22,29-30,39-40,45-54H2,2-4H3,(H,74,78)(H,75,81)(H,76,77)/t65-,72?/m0/s1. The van der Waals surface area contributed by atoms with E-state index in [4.69, 9.17) is 40.0 Å². The average Bonchev–Trinajstić information content (AvgIpc) is 1.51. The molecular formula is C72H94ClN3O11. The molecule has 0 bridgehead atoms. The highest BCUT2D eigenvalue weighted by molar-refractivity contribution is 6.31. The van der Waals surface area contributed by atoms with Gasteiger partial charge in [-0.2, -0.15) is 0 Å². The lowest BCUT2D eigenvalue weighted by Crippen LogP contribution is -2.48. The first kappa shape index (κ1) is 69.3. The fourth-order valence-corrected chi connectivity index (χ4v) is 11.2. The zero-order chi connectivity index (χ0) is 62.0. The largest absolute Gasteiger partial charge is 0.460 e. The molecule has 2 atom stereocenters. The number of amides is 3. The summed E-state index contributed by atoms with van der Waals surface area (Å²) in [6.45, 7) is 12.9. The van der Waals surface area contributed by atoms with Crippen molar-refractivity contribution in [3.63, 3.8) is 0 Å². The van der Waals surface area contributed by atoms with Crippen molar-refractivity contribution in [1.82, 2.24) is 16.0 Å². The van der Waals surface area contributed by atoms with Gasteiger partial charge in [-0.25, -0.2) is 9.59 Å². The van der Waals surface area contributed by atoms with Crippen LogP contribution in [0.1, 0.15) is 182 Å². The highest BCUT2D eigenvalue weighted by Gasteiger charge is 2.44. The second kappa shape index (κ2) is 38.4. The van der Waals surface area contributed by atoms with Crippen LogP contribution >= 0.6 is 11.6 Å². The Morgan fingerprint density at radius 1 is 0.529 bits per heavy atom. The normalized spacial score (nSPS) is 12.9. The molecule has 0 spiro atoms. The molecule has 470 valence electrons. The summed E-state index contributed by atoms with van der Waals surface area (Å²) in [4.78, 5) is 66.6. The molecule has 1 aliphatic rings. The van der Waals surface area contributed by atoms with E-state index in [0.29, 0.717) is 93.6 Å². The van der Waals surface area contributed by atoms with Gasteiger partial charge in [-0.05, 0) is 80.3 Å². The van der Waals surface area contributed by atoms with Crippen molar-refractivity contribution in [2.75, 3.05) is 59.3 Å². The van der Waals surface area contributed by atoms with Crippen LogP contribution in [-0.4, -0.2) is 101 Å². The van der Waals surface area contributed by atoms with Gasteiger partial charge in [0.05, 0.1) is 32.8 Å². The van der Waals surface area contributed by atoms with Gasteiger partial charge in [0.1, 0.15) is 18.2 Å². The Kier molecular flexibility index (Phi) is 30.6. The molecule has 0 heterocycles. The molecule has 3 N–H and O–H groups in total. The van der Waals surface area contributed by atoms with Crippen LogP contribution < -0.4 is 16.0 Å². The fourth-order valence-electron chi connectivity index (χ4n) is 10.9. The Balaban J connectivity index is 0.884. The summed E-state index contributed by atoms with van der Waals surface area (Å²) in [6.07, 6.45) is 17.9. The first-order chi connectivity index (χ1) is 42.3. The predicted octanol–water partition coefficient (Wildman–Crippen LogP) is 14.8. The van der Waals surface area contributed by atoms with Crippen molar-refractivity contribution in [3.8, 4) is 11.1 Å². The minimum absolute atomic E-state index is 0.00802. The summed E-state index contributed by atoms with van der Waals surface area (Å²) in [6, 6.07) is 39.2. The summed E-state index contributed by atoms with van der Waals surface area (Å²) >= 11 is 6.98. The van der Waals surface area contributed by atoms with E-state index in [9.17, 15) is 24.0 Å². The monoisotopic (exact) mass is 1210 g/mol. The van der Waals surface area contributed by atoms with Crippen molar-refractivity contribution in [2.24, 2.45) is 0 Å². The smallest absolute Gasteiger partial charge is 0.407 e. The van der Waals surface area contributed by atoms with Gasteiger partial charge in [-0.15, -0.1) is 0 Å². The van der Waals surface area contributed by atoms with Crippen molar-refractivity contribution in [1.29, 1.82) is 0 Å². The van der Waals surface area contributed by atoms with Crippen LogP contribution in [0.3, 0.4) is 0 Å². The van der Waals surface area contributed by atoms with E-state index in [2.05, 4.69) is 46.8 Å². The number of alkyl carbamates (subject to hydrolysis) is 1. The fraction of sp³-hybridized carbons (Fsp3) is 0.486. The molecule has 0 aliphatic heterocycles. The molecule has 1 unspecified atom stereocenters. The maximum atomic E-state index is 14.8. The number of halogens is 1. The minimum Gasteiger partial charge on any atom is -0.460 e. The summed E-state index contributed by atoms with van der Waals surface area (Å²) in [5, 5.41) is 8.97. The number of nitrogens with one attached hydrogen (secondary N) is 3. The van der Waals surface area contributed by atoms with Crippen LogP contribution in [0.15, 0.2) is 134 Å². The first-order valence-electron chi connectivity index (χ1n) is 31.7. The van der Waals surface area contributed by atoms with E-state index < -0.39 is 35.2 Å². The molecule has 0 fully saturated rings. The van der Waals surface area contributed by atoms with Crippen molar-refractivity contribution in [3.05, 3.63) is 172 Å². The maximum Gasteiger partial charge on any atom is 0.407 e. The van der Waals surface area contributed by atoms with E-state index in [-0.39, 0.29) is 43.8 Å². The number of esters is 2. The van der Waals surface area contributed by atoms with Crippen LogP contribution in [0.2, 0.25) is 5.02 Å². The van der Waals surface area contributed by atoms with Crippen LogP contribution in [0.25, 0.3) is 17.2 Å². The number of hydrogen-bond acceptors (Lipinski definition) is 11. The number of rotatable bonds is 42. The van der Waals surface area contributed by atoms with Gasteiger partial charge in [0.2, 0.25) is 11.8 Å². The van der Waals surface area contributed by atoms with Gasteiger partial charge in [0.15, 0.2) is 5.60 Å². The summed E-state index contributed by atoms with van der Waals surface area (Å²) < 4.78 is 34.8. The van der Waals surface area contributed by atoms with Gasteiger partial charge >= 0.3 is 18.0 Å². The lowest BCUT2D eigenvalue weighted by molar-refractivity contribution is -0.158. The zero-order valence-corrected chi connectivity index (χ0v) is 52.5. The molecule has 1 aliphatic carbocycles. The topological polar surface area (TPSA) is 177 Å². The van der Waals surface area contributed by atoms with Crippen molar-refractivity contribution >= 4 is 47.5 Å². The Hall–Kier alpha value is -6.84. The molecule has 0 radical (unpaired) electrons. The number of hydrogen-bond donors (Lipinski definition) is 3. The molecule has 5 aromatic rings. The molecule has 14 nitrogen and oxygen atoms in total. The molecule has 0 aromatic heterocycles. The van der Waals surface area contributed by atoms with E-state index in [1.165, 1.54) is 60.8 Å². The lowest BCUT2D eigenvalue weighted by Gasteiger charge is -2.37. The number of fused-ring (bicyclic) bond motifs is 3. The Morgan fingerprint density at radius 2 is 1.01 bits per heavy atom. The third-order valence-corrected chi connectivity index (χ3v) is 15.6. The van der Waals surface area contributed by atoms with Crippen LogP contribution in [0.5, 0.6) is 0 Å². The number of carbonyl (C=O) groups is 5. The Morgan fingerprint density at radius 3 is 1.56 bits per heavy atom. The third-order valence-electron chi connectivity index (χ3n) is 15.3. The molecule has 0 saturated heterocycles. The van der Waals surface area contributed by atoms with Crippen molar-refractivity contribution in [2.45, 2.75) is 166 Å². The van der Waals surface area contributed by atoms with Crippen LogP contribution in [0, 0.1) is 0 Å². The molecular weight excluding hydrogens is 1120 g/mol. The second-order valence-electron chi connectivity index (χ2n) is 23.3.